The van der Waals surface area contributed by atoms with E-state index in [4.69, 9.17) is 0 Å². The van der Waals surface area contributed by atoms with E-state index in [2.05, 4.69) is 43.6 Å². The van der Waals surface area contributed by atoms with Crippen LogP contribution in [-0.4, -0.2) is 31.3 Å². The average molecular weight is 250 g/mol. The van der Waals surface area contributed by atoms with Gasteiger partial charge in [0.1, 0.15) is 5.75 Å². The van der Waals surface area contributed by atoms with Crippen molar-refractivity contribution in [1.82, 2.24) is 0 Å². The van der Waals surface area contributed by atoms with E-state index < -0.39 is 0 Å². The summed E-state index contributed by atoms with van der Waals surface area (Å²) in [5.74, 6) is 0.390. The van der Waals surface area contributed by atoms with Crippen LogP contribution in [0.5, 0.6) is 5.75 Å². The van der Waals surface area contributed by atoms with Crippen molar-refractivity contribution >= 4 is 11.4 Å². The van der Waals surface area contributed by atoms with Gasteiger partial charge in [-0.2, -0.15) is 0 Å². The number of aromatic hydroxyl groups is 1. The molecular weight excluding hydrogens is 224 g/mol. The van der Waals surface area contributed by atoms with Crippen molar-refractivity contribution in [3.05, 3.63) is 17.7 Å². The number of phenols is 1. The average Bonchev–Trinajstić information content (AvgIpc) is 2.37. The highest BCUT2D eigenvalue weighted by Gasteiger charge is 2.13. The van der Waals surface area contributed by atoms with Gasteiger partial charge in [-0.15, -0.1) is 0 Å². The molecule has 1 N–H and O–H groups in total. The van der Waals surface area contributed by atoms with Gasteiger partial charge in [0.2, 0.25) is 0 Å². The van der Waals surface area contributed by atoms with Crippen molar-refractivity contribution in [2.45, 2.75) is 34.6 Å². The van der Waals surface area contributed by atoms with Crippen LogP contribution in [0.25, 0.3) is 0 Å². The fourth-order valence-electron chi connectivity index (χ4n) is 2.33. The number of anilines is 2. The van der Waals surface area contributed by atoms with Crippen LogP contribution in [0.1, 0.15) is 33.3 Å². The van der Waals surface area contributed by atoms with Gasteiger partial charge in [0.25, 0.3) is 0 Å². The van der Waals surface area contributed by atoms with Crippen LogP contribution in [0.3, 0.4) is 0 Å². The summed E-state index contributed by atoms with van der Waals surface area (Å²) in [7, 11) is 0. The Morgan fingerprint density at radius 1 is 0.889 bits per heavy atom. The first-order chi connectivity index (χ1) is 8.58. The SMILES string of the molecule is CCN(CC)c1cc(O)c(C)c(N(CC)CC)c1. The van der Waals surface area contributed by atoms with Gasteiger partial charge in [0.05, 0.1) is 0 Å². The molecule has 18 heavy (non-hydrogen) atoms. The van der Waals surface area contributed by atoms with E-state index >= 15 is 0 Å². The van der Waals surface area contributed by atoms with E-state index in [9.17, 15) is 5.11 Å². The monoisotopic (exact) mass is 250 g/mol. The van der Waals surface area contributed by atoms with Crippen LogP contribution in [0.15, 0.2) is 12.1 Å². The zero-order chi connectivity index (χ0) is 13.7. The maximum atomic E-state index is 10.1. The van der Waals surface area contributed by atoms with E-state index in [-0.39, 0.29) is 0 Å². The minimum Gasteiger partial charge on any atom is -0.508 e. The van der Waals surface area contributed by atoms with Gasteiger partial charge in [-0.1, -0.05) is 0 Å². The molecule has 0 atom stereocenters. The fraction of sp³-hybridized carbons (Fsp3) is 0.600. The second-order valence-electron chi connectivity index (χ2n) is 4.45. The number of hydrogen-bond acceptors (Lipinski definition) is 3. The Morgan fingerprint density at radius 3 is 1.83 bits per heavy atom. The summed E-state index contributed by atoms with van der Waals surface area (Å²) in [6.45, 7) is 14.4. The van der Waals surface area contributed by atoms with E-state index in [1.54, 1.807) is 0 Å². The highest BCUT2D eigenvalue weighted by atomic mass is 16.3. The second-order valence-corrected chi connectivity index (χ2v) is 4.45. The molecule has 0 fully saturated rings. The number of rotatable bonds is 6. The predicted octanol–water partition coefficient (Wildman–Crippen LogP) is 3.39. The normalized spacial score (nSPS) is 10.5. The number of benzene rings is 1. The first-order valence-corrected chi connectivity index (χ1v) is 6.92. The summed E-state index contributed by atoms with van der Waals surface area (Å²) in [6, 6.07) is 4.06. The van der Waals surface area contributed by atoms with Crippen LogP contribution >= 0.6 is 0 Å². The molecule has 3 nitrogen and oxygen atoms in total. The smallest absolute Gasteiger partial charge is 0.122 e. The zero-order valence-corrected chi connectivity index (χ0v) is 12.3. The van der Waals surface area contributed by atoms with E-state index in [0.29, 0.717) is 5.75 Å². The maximum absolute atomic E-state index is 10.1. The number of hydrogen-bond donors (Lipinski definition) is 1. The maximum Gasteiger partial charge on any atom is 0.122 e. The largest absolute Gasteiger partial charge is 0.508 e. The van der Waals surface area contributed by atoms with Crippen LogP contribution < -0.4 is 9.80 Å². The zero-order valence-electron chi connectivity index (χ0n) is 12.3. The third-order valence-corrected chi connectivity index (χ3v) is 3.57. The second kappa shape index (κ2) is 6.53. The Labute approximate surface area is 111 Å². The summed E-state index contributed by atoms with van der Waals surface area (Å²) in [6.07, 6.45) is 0. The van der Waals surface area contributed by atoms with Gasteiger partial charge < -0.3 is 14.9 Å². The molecule has 1 aromatic rings. The Balaban J connectivity index is 3.25. The third-order valence-electron chi connectivity index (χ3n) is 3.57. The first-order valence-electron chi connectivity index (χ1n) is 6.92. The lowest BCUT2D eigenvalue weighted by molar-refractivity contribution is 0.471. The molecule has 3 heteroatoms. The first kappa shape index (κ1) is 14.7. The highest BCUT2D eigenvalue weighted by molar-refractivity contribution is 5.68. The molecule has 0 bridgehead atoms. The Kier molecular flexibility index (Phi) is 5.32. The summed E-state index contributed by atoms with van der Waals surface area (Å²) in [4.78, 5) is 4.54. The summed E-state index contributed by atoms with van der Waals surface area (Å²) in [5.41, 5.74) is 3.21. The molecule has 0 spiro atoms. The molecule has 0 saturated carbocycles. The lowest BCUT2D eigenvalue weighted by Gasteiger charge is -2.28. The van der Waals surface area contributed by atoms with Crippen molar-refractivity contribution in [3.63, 3.8) is 0 Å². The third kappa shape index (κ3) is 2.89. The minimum absolute atomic E-state index is 0.390. The molecule has 0 aromatic heterocycles. The Hall–Kier alpha value is -1.38. The van der Waals surface area contributed by atoms with Crippen LogP contribution in [0.4, 0.5) is 11.4 Å². The van der Waals surface area contributed by atoms with E-state index in [1.807, 2.05) is 13.0 Å². The molecular formula is C15H26N2O. The van der Waals surface area contributed by atoms with Gasteiger partial charge in [0.15, 0.2) is 0 Å². The predicted molar refractivity (Wildman–Crippen MR) is 80.0 cm³/mol. The van der Waals surface area contributed by atoms with Crippen molar-refractivity contribution in [3.8, 4) is 5.75 Å². The molecule has 1 rings (SSSR count). The molecule has 0 aliphatic heterocycles. The van der Waals surface area contributed by atoms with E-state index in [0.717, 1.165) is 43.1 Å². The van der Waals surface area contributed by atoms with Crippen molar-refractivity contribution < 1.29 is 5.11 Å². The topological polar surface area (TPSA) is 26.7 Å². The van der Waals surface area contributed by atoms with Crippen LogP contribution in [-0.2, 0) is 0 Å². The van der Waals surface area contributed by atoms with Gasteiger partial charge >= 0.3 is 0 Å². The molecule has 0 aliphatic rings. The number of nitrogens with zero attached hydrogens (tertiary/aromatic N) is 2. The summed E-state index contributed by atoms with van der Waals surface area (Å²) < 4.78 is 0. The van der Waals surface area contributed by atoms with Crippen molar-refractivity contribution in [1.29, 1.82) is 0 Å². The molecule has 0 unspecified atom stereocenters. The lowest BCUT2D eigenvalue weighted by Crippen LogP contribution is -2.25. The molecule has 1 aromatic carbocycles. The van der Waals surface area contributed by atoms with Gasteiger partial charge in [0, 0.05) is 49.2 Å². The highest BCUT2D eigenvalue weighted by Crippen LogP contribution is 2.33. The molecule has 0 saturated heterocycles. The minimum atomic E-state index is 0.390. The lowest BCUT2D eigenvalue weighted by atomic mass is 10.1. The van der Waals surface area contributed by atoms with E-state index in [1.165, 1.54) is 0 Å². The molecule has 0 heterocycles. The number of phenolic OH excluding ortho intramolecular Hbond substituents is 1. The van der Waals surface area contributed by atoms with Crippen LogP contribution in [0.2, 0.25) is 0 Å². The quantitative estimate of drug-likeness (QED) is 0.838. The molecule has 102 valence electrons. The van der Waals surface area contributed by atoms with Gasteiger partial charge in [-0.05, 0) is 40.7 Å². The molecule has 0 amide bonds. The Bertz CT molecular complexity index is 382. The standard InChI is InChI=1S/C15H26N2O/c1-6-16(7-2)13-10-14(17(8-3)9-4)12(5)15(18)11-13/h10-11,18H,6-9H2,1-5H3. The summed E-state index contributed by atoms with van der Waals surface area (Å²) >= 11 is 0. The molecule has 0 radical (unpaired) electrons. The summed E-state index contributed by atoms with van der Waals surface area (Å²) in [5, 5.41) is 10.1. The van der Waals surface area contributed by atoms with Crippen molar-refractivity contribution in [2.75, 3.05) is 36.0 Å². The fourth-order valence-corrected chi connectivity index (χ4v) is 2.33. The molecule has 0 aliphatic carbocycles. The van der Waals surface area contributed by atoms with Crippen molar-refractivity contribution in [2.24, 2.45) is 0 Å². The van der Waals surface area contributed by atoms with Gasteiger partial charge in [-0.25, -0.2) is 0 Å². The van der Waals surface area contributed by atoms with Gasteiger partial charge in [-0.3, -0.25) is 0 Å². The van der Waals surface area contributed by atoms with Crippen LogP contribution in [0, 0.1) is 6.92 Å². The Morgan fingerprint density at radius 2 is 1.39 bits per heavy atom.